The Balaban J connectivity index is 1.73. The summed E-state index contributed by atoms with van der Waals surface area (Å²) in [4.78, 5) is 14.5. The Morgan fingerprint density at radius 3 is 2.45 bits per heavy atom. The predicted molar refractivity (Wildman–Crippen MR) is 112 cm³/mol. The Hall–Kier alpha value is -2.93. The summed E-state index contributed by atoms with van der Waals surface area (Å²) < 4.78 is 15.7. The standard InChI is InChI=1S/C22H30N2O5/c1-24(13-10-16-6-9-20(28-3)21(14-16)29-4)12-5-11-23-22(26)18-15-17(27-2)7-8-19(18)25/h6-9,14-15,25H,5,10-13H2,1-4H3,(H,23,26). The van der Waals surface area contributed by atoms with Gasteiger partial charge < -0.3 is 29.5 Å². The summed E-state index contributed by atoms with van der Waals surface area (Å²) in [6.45, 7) is 2.26. The first-order valence-corrected chi connectivity index (χ1v) is 9.53. The van der Waals surface area contributed by atoms with Gasteiger partial charge in [-0.05, 0) is 62.3 Å². The summed E-state index contributed by atoms with van der Waals surface area (Å²) in [7, 11) is 6.83. The number of aromatic hydroxyl groups is 1. The number of carbonyl (C=O) groups excluding carboxylic acids is 1. The number of ether oxygens (including phenoxy) is 3. The van der Waals surface area contributed by atoms with Gasteiger partial charge in [0.1, 0.15) is 11.5 Å². The lowest BCUT2D eigenvalue weighted by molar-refractivity contribution is 0.0949. The average molecular weight is 402 g/mol. The second-order valence-electron chi connectivity index (χ2n) is 6.74. The van der Waals surface area contributed by atoms with Gasteiger partial charge in [0.2, 0.25) is 0 Å². The summed E-state index contributed by atoms with van der Waals surface area (Å²) in [5.41, 5.74) is 1.39. The maximum Gasteiger partial charge on any atom is 0.255 e. The van der Waals surface area contributed by atoms with E-state index >= 15 is 0 Å². The van der Waals surface area contributed by atoms with Crippen LogP contribution in [0.1, 0.15) is 22.3 Å². The first-order valence-electron chi connectivity index (χ1n) is 9.53. The van der Waals surface area contributed by atoms with Crippen molar-refractivity contribution >= 4 is 5.91 Å². The topological polar surface area (TPSA) is 80.3 Å². The molecule has 0 spiro atoms. The molecule has 2 aromatic carbocycles. The summed E-state index contributed by atoms with van der Waals surface area (Å²) in [5.74, 6) is 1.62. The molecule has 0 saturated carbocycles. The van der Waals surface area contributed by atoms with E-state index in [4.69, 9.17) is 14.2 Å². The van der Waals surface area contributed by atoms with Gasteiger partial charge in [0.15, 0.2) is 11.5 Å². The Labute approximate surface area is 172 Å². The summed E-state index contributed by atoms with van der Waals surface area (Å²) in [6, 6.07) is 10.5. The summed E-state index contributed by atoms with van der Waals surface area (Å²) >= 11 is 0. The molecule has 0 saturated heterocycles. The van der Waals surface area contributed by atoms with E-state index in [0.717, 1.165) is 37.4 Å². The van der Waals surface area contributed by atoms with Crippen molar-refractivity contribution in [3.63, 3.8) is 0 Å². The zero-order valence-corrected chi connectivity index (χ0v) is 17.5. The zero-order chi connectivity index (χ0) is 21.2. The number of hydrogen-bond donors (Lipinski definition) is 2. The molecule has 29 heavy (non-hydrogen) atoms. The van der Waals surface area contributed by atoms with Crippen molar-refractivity contribution < 1.29 is 24.1 Å². The first kappa shape index (κ1) is 22.4. The molecule has 0 aliphatic carbocycles. The Bertz CT molecular complexity index is 810. The molecule has 0 aliphatic heterocycles. The number of nitrogens with zero attached hydrogens (tertiary/aromatic N) is 1. The van der Waals surface area contributed by atoms with Crippen molar-refractivity contribution in [2.75, 3.05) is 48.0 Å². The monoisotopic (exact) mass is 402 g/mol. The number of rotatable bonds is 11. The molecule has 7 nitrogen and oxygen atoms in total. The van der Waals surface area contributed by atoms with Crippen LogP contribution < -0.4 is 19.5 Å². The largest absolute Gasteiger partial charge is 0.507 e. The highest BCUT2D eigenvalue weighted by atomic mass is 16.5. The van der Waals surface area contributed by atoms with Gasteiger partial charge in [0.25, 0.3) is 5.91 Å². The fraction of sp³-hybridized carbons (Fsp3) is 0.409. The number of methoxy groups -OCH3 is 3. The lowest BCUT2D eigenvalue weighted by atomic mass is 10.1. The predicted octanol–water partition coefficient (Wildman–Crippen LogP) is 2.71. The molecule has 0 fully saturated rings. The Morgan fingerprint density at radius 1 is 1.00 bits per heavy atom. The van der Waals surface area contributed by atoms with Gasteiger partial charge in [-0.1, -0.05) is 6.07 Å². The Kier molecular flexibility index (Phi) is 8.61. The van der Waals surface area contributed by atoms with Crippen LogP contribution in [-0.2, 0) is 6.42 Å². The second kappa shape index (κ2) is 11.2. The molecule has 0 aliphatic rings. The molecule has 7 heteroatoms. The highest BCUT2D eigenvalue weighted by Gasteiger charge is 2.12. The molecule has 0 atom stereocenters. The van der Waals surface area contributed by atoms with Crippen LogP contribution in [0.15, 0.2) is 36.4 Å². The van der Waals surface area contributed by atoms with Crippen LogP contribution in [-0.4, -0.2) is 63.9 Å². The molecule has 0 aromatic heterocycles. The van der Waals surface area contributed by atoms with Crippen LogP contribution in [0.2, 0.25) is 0 Å². The minimum Gasteiger partial charge on any atom is -0.507 e. The quantitative estimate of drug-likeness (QED) is 0.563. The van der Waals surface area contributed by atoms with E-state index in [1.807, 2.05) is 18.2 Å². The molecule has 2 rings (SSSR count). The van der Waals surface area contributed by atoms with E-state index in [-0.39, 0.29) is 17.2 Å². The number of nitrogens with one attached hydrogen (secondary N) is 1. The van der Waals surface area contributed by atoms with E-state index in [2.05, 4.69) is 17.3 Å². The molecular weight excluding hydrogens is 372 g/mol. The van der Waals surface area contributed by atoms with Crippen LogP contribution in [0, 0.1) is 0 Å². The SMILES string of the molecule is COc1ccc(O)c(C(=O)NCCCN(C)CCc2ccc(OC)c(OC)c2)c1. The van der Waals surface area contributed by atoms with Crippen molar-refractivity contribution in [1.29, 1.82) is 0 Å². The van der Waals surface area contributed by atoms with E-state index in [0.29, 0.717) is 12.3 Å². The normalized spacial score (nSPS) is 10.7. The van der Waals surface area contributed by atoms with Crippen LogP contribution >= 0.6 is 0 Å². The molecule has 0 bridgehead atoms. The Morgan fingerprint density at radius 2 is 1.76 bits per heavy atom. The van der Waals surface area contributed by atoms with Gasteiger partial charge >= 0.3 is 0 Å². The zero-order valence-electron chi connectivity index (χ0n) is 17.5. The highest BCUT2D eigenvalue weighted by Crippen LogP contribution is 2.27. The van der Waals surface area contributed by atoms with Crippen LogP contribution in [0.25, 0.3) is 0 Å². The third-order valence-corrected chi connectivity index (χ3v) is 4.68. The summed E-state index contributed by atoms with van der Waals surface area (Å²) in [5, 5.41) is 12.7. The number of likely N-dealkylation sites (N-methyl/N-ethyl adjacent to an activating group) is 1. The van der Waals surface area contributed by atoms with Crippen molar-refractivity contribution in [3.8, 4) is 23.0 Å². The molecule has 1 amide bonds. The first-order chi connectivity index (χ1) is 14.0. The minimum atomic E-state index is -0.311. The number of phenolic OH excluding ortho intramolecular Hbond substituents is 1. The highest BCUT2D eigenvalue weighted by molar-refractivity contribution is 5.97. The number of amides is 1. The van der Waals surface area contributed by atoms with Gasteiger partial charge in [-0.3, -0.25) is 4.79 Å². The second-order valence-corrected chi connectivity index (χ2v) is 6.74. The van der Waals surface area contributed by atoms with Crippen LogP contribution in [0.3, 0.4) is 0 Å². The van der Waals surface area contributed by atoms with Gasteiger partial charge in [-0.25, -0.2) is 0 Å². The van der Waals surface area contributed by atoms with Gasteiger partial charge in [0.05, 0.1) is 26.9 Å². The van der Waals surface area contributed by atoms with Crippen molar-refractivity contribution in [1.82, 2.24) is 10.2 Å². The summed E-state index contributed by atoms with van der Waals surface area (Å²) in [6.07, 6.45) is 1.69. The average Bonchev–Trinajstić information content (AvgIpc) is 2.75. The van der Waals surface area contributed by atoms with Crippen molar-refractivity contribution in [3.05, 3.63) is 47.5 Å². The third kappa shape index (κ3) is 6.57. The van der Waals surface area contributed by atoms with E-state index in [1.54, 1.807) is 20.3 Å². The van der Waals surface area contributed by atoms with Crippen LogP contribution in [0.5, 0.6) is 23.0 Å². The van der Waals surface area contributed by atoms with E-state index < -0.39 is 0 Å². The number of benzene rings is 2. The van der Waals surface area contributed by atoms with Crippen LogP contribution in [0.4, 0.5) is 0 Å². The van der Waals surface area contributed by atoms with Gasteiger partial charge in [-0.2, -0.15) is 0 Å². The lowest BCUT2D eigenvalue weighted by Crippen LogP contribution is -2.29. The third-order valence-electron chi connectivity index (χ3n) is 4.68. The van der Waals surface area contributed by atoms with E-state index in [9.17, 15) is 9.90 Å². The molecule has 0 radical (unpaired) electrons. The fourth-order valence-electron chi connectivity index (χ4n) is 2.94. The lowest BCUT2D eigenvalue weighted by Gasteiger charge is -2.17. The number of hydrogen-bond acceptors (Lipinski definition) is 6. The number of phenols is 1. The fourth-order valence-corrected chi connectivity index (χ4v) is 2.94. The maximum absolute atomic E-state index is 12.2. The van der Waals surface area contributed by atoms with Crippen molar-refractivity contribution in [2.24, 2.45) is 0 Å². The molecule has 0 unspecified atom stereocenters. The minimum absolute atomic E-state index is 0.0599. The molecule has 0 heterocycles. The smallest absolute Gasteiger partial charge is 0.255 e. The number of carbonyl (C=O) groups is 1. The maximum atomic E-state index is 12.2. The molecule has 2 N–H and O–H groups in total. The van der Waals surface area contributed by atoms with Crippen molar-refractivity contribution in [2.45, 2.75) is 12.8 Å². The molecular formula is C22H30N2O5. The molecule has 2 aromatic rings. The molecule has 158 valence electrons. The van der Waals surface area contributed by atoms with Gasteiger partial charge in [-0.15, -0.1) is 0 Å². The van der Waals surface area contributed by atoms with E-state index in [1.165, 1.54) is 24.8 Å². The van der Waals surface area contributed by atoms with Gasteiger partial charge in [0, 0.05) is 13.1 Å².